The minimum Gasteiger partial charge on any atom is -0.348 e. The standard InChI is InChI=1S/C15H27N3S/c1-15(2,3)16-11-13-12-19-14(17-13)18-9-7-5-4-6-8-10-18/h12,16H,4-11H2,1-3H3. The molecule has 1 aliphatic rings. The van der Waals surface area contributed by atoms with Gasteiger partial charge in [0.2, 0.25) is 0 Å². The molecule has 0 amide bonds. The van der Waals surface area contributed by atoms with Gasteiger partial charge in [0.05, 0.1) is 5.69 Å². The number of hydrogen-bond donors (Lipinski definition) is 1. The maximum atomic E-state index is 4.79. The maximum absolute atomic E-state index is 4.79. The van der Waals surface area contributed by atoms with E-state index in [1.54, 1.807) is 11.3 Å². The topological polar surface area (TPSA) is 28.2 Å². The van der Waals surface area contributed by atoms with Crippen molar-refractivity contribution < 1.29 is 0 Å². The first kappa shape index (κ1) is 14.8. The van der Waals surface area contributed by atoms with E-state index in [1.165, 1.54) is 56.0 Å². The number of nitrogens with zero attached hydrogens (tertiary/aromatic N) is 2. The van der Waals surface area contributed by atoms with E-state index in [9.17, 15) is 0 Å². The van der Waals surface area contributed by atoms with E-state index >= 15 is 0 Å². The SMILES string of the molecule is CC(C)(C)NCc1csc(N2CCCCCCC2)n1. The lowest BCUT2D eigenvalue weighted by Gasteiger charge is -2.24. The van der Waals surface area contributed by atoms with Crippen LogP contribution < -0.4 is 10.2 Å². The van der Waals surface area contributed by atoms with E-state index in [4.69, 9.17) is 4.98 Å². The minimum atomic E-state index is 0.157. The van der Waals surface area contributed by atoms with E-state index in [0.29, 0.717) is 0 Å². The molecule has 3 nitrogen and oxygen atoms in total. The number of rotatable bonds is 3. The van der Waals surface area contributed by atoms with Gasteiger partial charge in [-0.25, -0.2) is 4.98 Å². The highest BCUT2D eigenvalue weighted by molar-refractivity contribution is 7.13. The van der Waals surface area contributed by atoms with Crippen LogP contribution in [0.15, 0.2) is 5.38 Å². The molecule has 0 spiro atoms. The Hall–Kier alpha value is -0.610. The molecule has 1 aromatic heterocycles. The molecule has 0 saturated carbocycles. The lowest BCUT2D eigenvalue weighted by molar-refractivity contribution is 0.422. The fraction of sp³-hybridized carbons (Fsp3) is 0.800. The van der Waals surface area contributed by atoms with Crippen molar-refractivity contribution in [2.75, 3.05) is 18.0 Å². The average molecular weight is 281 g/mol. The van der Waals surface area contributed by atoms with Crippen molar-refractivity contribution in [1.82, 2.24) is 10.3 Å². The Kier molecular flexibility index (Phi) is 5.22. The van der Waals surface area contributed by atoms with Gasteiger partial charge in [-0.3, -0.25) is 0 Å². The summed E-state index contributed by atoms with van der Waals surface area (Å²) in [6.07, 6.45) is 6.79. The number of anilines is 1. The fourth-order valence-electron chi connectivity index (χ4n) is 2.32. The van der Waals surface area contributed by atoms with Gasteiger partial charge in [-0.15, -0.1) is 11.3 Å². The summed E-state index contributed by atoms with van der Waals surface area (Å²) in [5.41, 5.74) is 1.33. The van der Waals surface area contributed by atoms with Crippen LogP contribution in [-0.4, -0.2) is 23.6 Å². The van der Waals surface area contributed by atoms with Crippen LogP contribution in [-0.2, 0) is 6.54 Å². The molecule has 4 heteroatoms. The van der Waals surface area contributed by atoms with E-state index in [-0.39, 0.29) is 5.54 Å². The molecule has 108 valence electrons. The smallest absolute Gasteiger partial charge is 0.185 e. The van der Waals surface area contributed by atoms with Gasteiger partial charge in [-0.05, 0) is 33.6 Å². The van der Waals surface area contributed by atoms with Crippen LogP contribution in [0.25, 0.3) is 0 Å². The van der Waals surface area contributed by atoms with Gasteiger partial charge in [0.25, 0.3) is 0 Å². The summed E-state index contributed by atoms with van der Waals surface area (Å²) in [6.45, 7) is 9.81. The van der Waals surface area contributed by atoms with Gasteiger partial charge in [-0.1, -0.05) is 19.3 Å². The molecule has 19 heavy (non-hydrogen) atoms. The Morgan fingerprint density at radius 2 is 1.79 bits per heavy atom. The molecular formula is C15H27N3S. The Labute approximate surface area is 121 Å². The molecule has 1 aromatic rings. The molecular weight excluding hydrogens is 254 g/mol. The third-order valence-electron chi connectivity index (χ3n) is 3.47. The van der Waals surface area contributed by atoms with E-state index in [1.807, 2.05) is 0 Å². The van der Waals surface area contributed by atoms with Crippen LogP contribution in [0, 0.1) is 0 Å². The van der Waals surface area contributed by atoms with Crippen LogP contribution in [0.4, 0.5) is 5.13 Å². The van der Waals surface area contributed by atoms with Gasteiger partial charge in [0.15, 0.2) is 5.13 Å². The van der Waals surface area contributed by atoms with Crippen LogP contribution >= 0.6 is 11.3 Å². The van der Waals surface area contributed by atoms with Crippen molar-refractivity contribution in [2.45, 2.75) is 65.0 Å². The number of nitrogens with one attached hydrogen (secondary N) is 1. The normalized spacial score (nSPS) is 18.2. The van der Waals surface area contributed by atoms with Crippen molar-refractivity contribution in [2.24, 2.45) is 0 Å². The molecule has 2 rings (SSSR count). The summed E-state index contributed by atoms with van der Waals surface area (Å²) in [5, 5.41) is 6.92. The molecule has 0 bridgehead atoms. The van der Waals surface area contributed by atoms with Crippen LogP contribution in [0.2, 0.25) is 0 Å². The Bertz CT molecular complexity index is 373. The summed E-state index contributed by atoms with van der Waals surface area (Å²) >= 11 is 1.80. The number of hydrogen-bond acceptors (Lipinski definition) is 4. The Balaban J connectivity index is 1.91. The van der Waals surface area contributed by atoms with Gasteiger partial charge in [0.1, 0.15) is 0 Å². The minimum absolute atomic E-state index is 0.157. The highest BCUT2D eigenvalue weighted by Crippen LogP contribution is 2.23. The second-order valence-electron chi connectivity index (χ2n) is 6.48. The fourth-order valence-corrected chi connectivity index (χ4v) is 3.20. The summed E-state index contributed by atoms with van der Waals surface area (Å²) in [4.78, 5) is 7.27. The first-order valence-electron chi connectivity index (χ1n) is 7.49. The summed E-state index contributed by atoms with van der Waals surface area (Å²) in [7, 11) is 0. The lowest BCUT2D eigenvalue weighted by Crippen LogP contribution is -2.35. The second-order valence-corrected chi connectivity index (χ2v) is 7.32. The lowest BCUT2D eigenvalue weighted by atomic mass is 10.1. The predicted octanol–water partition coefficient (Wildman–Crippen LogP) is 3.80. The van der Waals surface area contributed by atoms with E-state index in [2.05, 4.69) is 36.4 Å². The van der Waals surface area contributed by atoms with E-state index < -0.39 is 0 Å². The van der Waals surface area contributed by atoms with Crippen LogP contribution in [0.1, 0.15) is 58.6 Å². The van der Waals surface area contributed by atoms with Gasteiger partial charge < -0.3 is 10.2 Å². The molecule has 0 atom stereocenters. The molecule has 0 radical (unpaired) electrons. The third kappa shape index (κ3) is 5.11. The van der Waals surface area contributed by atoms with Crippen molar-refractivity contribution in [3.8, 4) is 0 Å². The molecule has 1 N–H and O–H groups in total. The van der Waals surface area contributed by atoms with Crippen molar-refractivity contribution >= 4 is 16.5 Å². The van der Waals surface area contributed by atoms with Crippen molar-refractivity contribution in [3.05, 3.63) is 11.1 Å². The number of aromatic nitrogens is 1. The quantitative estimate of drug-likeness (QED) is 0.913. The van der Waals surface area contributed by atoms with Gasteiger partial charge >= 0.3 is 0 Å². The third-order valence-corrected chi connectivity index (χ3v) is 4.42. The molecule has 1 fully saturated rings. The van der Waals surface area contributed by atoms with E-state index in [0.717, 1.165) is 6.54 Å². The second kappa shape index (κ2) is 6.71. The highest BCUT2D eigenvalue weighted by Gasteiger charge is 2.14. The average Bonchev–Trinajstić information content (AvgIpc) is 2.73. The molecule has 1 saturated heterocycles. The molecule has 0 aromatic carbocycles. The number of thiazole rings is 1. The zero-order valence-corrected chi connectivity index (χ0v) is 13.4. The van der Waals surface area contributed by atoms with Crippen LogP contribution in [0.3, 0.4) is 0 Å². The molecule has 0 unspecified atom stereocenters. The highest BCUT2D eigenvalue weighted by atomic mass is 32.1. The monoisotopic (exact) mass is 281 g/mol. The first-order chi connectivity index (χ1) is 9.04. The summed E-state index contributed by atoms with van der Waals surface area (Å²) < 4.78 is 0. The maximum Gasteiger partial charge on any atom is 0.185 e. The predicted molar refractivity (Wildman–Crippen MR) is 84.0 cm³/mol. The zero-order chi connectivity index (χ0) is 13.7. The largest absolute Gasteiger partial charge is 0.348 e. The zero-order valence-electron chi connectivity index (χ0n) is 12.5. The van der Waals surface area contributed by atoms with Gasteiger partial charge in [0, 0.05) is 30.6 Å². The summed E-state index contributed by atoms with van der Waals surface area (Å²) in [5.74, 6) is 0. The summed E-state index contributed by atoms with van der Waals surface area (Å²) in [6, 6.07) is 0. The molecule has 1 aliphatic heterocycles. The van der Waals surface area contributed by atoms with Gasteiger partial charge in [-0.2, -0.15) is 0 Å². The molecule has 2 heterocycles. The Morgan fingerprint density at radius 1 is 1.16 bits per heavy atom. The van der Waals surface area contributed by atoms with Crippen molar-refractivity contribution in [1.29, 1.82) is 0 Å². The van der Waals surface area contributed by atoms with Crippen LogP contribution in [0.5, 0.6) is 0 Å². The van der Waals surface area contributed by atoms with Crippen molar-refractivity contribution in [3.63, 3.8) is 0 Å². The Morgan fingerprint density at radius 3 is 2.42 bits per heavy atom. The first-order valence-corrected chi connectivity index (χ1v) is 8.37. The molecule has 0 aliphatic carbocycles.